The number of nitrogens with zero attached hydrogens (tertiary/aromatic N) is 2. The van der Waals surface area contributed by atoms with E-state index in [-0.39, 0.29) is 36.4 Å². The molecule has 4 aromatic carbocycles. The zero-order valence-electron chi connectivity index (χ0n) is 23.2. The molecule has 5 heteroatoms. The van der Waals surface area contributed by atoms with E-state index in [1.807, 2.05) is 0 Å². The highest BCUT2D eigenvalue weighted by Gasteiger charge is 2.71. The third-order valence-electron chi connectivity index (χ3n) is 8.04. The van der Waals surface area contributed by atoms with E-state index < -0.39 is 8.88 Å². The van der Waals surface area contributed by atoms with Gasteiger partial charge in [-0.3, -0.25) is 9.13 Å². The van der Waals surface area contributed by atoms with Crippen LogP contribution in [0.4, 0.5) is 0 Å². The molecule has 39 heavy (non-hydrogen) atoms. The van der Waals surface area contributed by atoms with Gasteiger partial charge in [0.2, 0.25) is 0 Å². The van der Waals surface area contributed by atoms with Gasteiger partial charge in [-0.05, 0) is 22.3 Å². The fraction of sp³-hybridized carbons (Fsp3) is 0.294. The van der Waals surface area contributed by atoms with E-state index in [0.717, 1.165) is 0 Å². The molecular formula is C34H38N2O2Si. The Bertz CT molecular complexity index is 1240. The summed E-state index contributed by atoms with van der Waals surface area (Å²) in [6.45, 7) is 9.15. The molecule has 4 atom stereocenters. The van der Waals surface area contributed by atoms with E-state index in [9.17, 15) is 0 Å². The molecule has 0 N–H and O–H groups in total. The van der Waals surface area contributed by atoms with E-state index in [1.165, 1.54) is 22.3 Å². The molecule has 2 heterocycles. The van der Waals surface area contributed by atoms with Crippen molar-refractivity contribution in [3.8, 4) is 0 Å². The molecule has 2 aliphatic heterocycles. The molecule has 0 aromatic heterocycles. The van der Waals surface area contributed by atoms with E-state index in [4.69, 9.17) is 8.85 Å². The first kappa shape index (κ1) is 26.2. The molecule has 4 aromatic rings. The van der Waals surface area contributed by atoms with Crippen molar-refractivity contribution in [1.29, 1.82) is 0 Å². The summed E-state index contributed by atoms with van der Waals surface area (Å²) in [5, 5.41) is 0. The maximum atomic E-state index is 7.48. The summed E-state index contributed by atoms with van der Waals surface area (Å²) in [6, 6.07) is 43.6. The first-order valence-electron chi connectivity index (χ1n) is 14.1. The molecule has 1 spiro atoms. The maximum Gasteiger partial charge on any atom is 0.525 e. The van der Waals surface area contributed by atoms with Gasteiger partial charge in [0.15, 0.2) is 0 Å². The highest BCUT2D eigenvalue weighted by Crippen LogP contribution is 2.58. The second-order valence-electron chi connectivity index (χ2n) is 11.2. The van der Waals surface area contributed by atoms with Gasteiger partial charge in [-0.15, -0.1) is 0 Å². The van der Waals surface area contributed by atoms with Crippen molar-refractivity contribution < 1.29 is 8.85 Å². The van der Waals surface area contributed by atoms with Gasteiger partial charge in [0.25, 0.3) is 0 Å². The van der Waals surface area contributed by atoms with Crippen molar-refractivity contribution in [3.63, 3.8) is 0 Å². The van der Waals surface area contributed by atoms with Gasteiger partial charge in [0, 0.05) is 12.1 Å². The molecule has 0 radical (unpaired) electrons. The molecule has 2 saturated heterocycles. The van der Waals surface area contributed by atoms with Gasteiger partial charge in [-0.1, -0.05) is 149 Å². The van der Waals surface area contributed by atoms with Crippen LogP contribution in [0.25, 0.3) is 0 Å². The lowest BCUT2D eigenvalue weighted by Gasteiger charge is -2.42. The van der Waals surface area contributed by atoms with Crippen LogP contribution in [0.2, 0.25) is 0 Å². The molecule has 0 aliphatic carbocycles. The highest BCUT2D eigenvalue weighted by molar-refractivity contribution is 6.63. The van der Waals surface area contributed by atoms with E-state index in [0.29, 0.717) is 0 Å². The summed E-state index contributed by atoms with van der Waals surface area (Å²) in [5.41, 5.74) is 4.90. The van der Waals surface area contributed by atoms with Crippen LogP contribution < -0.4 is 0 Å². The minimum Gasteiger partial charge on any atom is -0.361 e. The first-order chi connectivity index (χ1) is 19.0. The highest BCUT2D eigenvalue weighted by atomic mass is 28.4. The standard InChI is InChI=1S/C34H38N2O2Si/c1-25(2)35-31(27-17-9-5-10-18-27)33(29-21-13-7-14-22-29)37-39(35)36(26(3)4)32(28-19-11-6-12-20-28)34(38-39)30-23-15-8-16-24-30/h5-26,31-34H,1-4H3. The van der Waals surface area contributed by atoms with Crippen LogP contribution >= 0.6 is 0 Å². The first-order valence-corrected chi connectivity index (χ1v) is 15.8. The fourth-order valence-corrected chi connectivity index (χ4v) is 11.1. The predicted molar refractivity (Wildman–Crippen MR) is 159 cm³/mol. The minimum atomic E-state index is -3.17. The van der Waals surface area contributed by atoms with Gasteiger partial charge >= 0.3 is 8.88 Å². The van der Waals surface area contributed by atoms with Crippen molar-refractivity contribution >= 4 is 8.88 Å². The smallest absolute Gasteiger partial charge is 0.361 e. The summed E-state index contributed by atoms with van der Waals surface area (Å²) in [7, 11) is -3.17. The topological polar surface area (TPSA) is 24.9 Å². The monoisotopic (exact) mass is 534 g/mol. The average Bonchev–Trinajstić information content (AvgIpc) is 3.50. The Morgan fingerprint density at radius 1 is 0.462 bits per heavy atom. The lowest BCUT2D eigenvalue weighted by atomic mass is 9.95. The van der Waals surface area contributed by atoms with Crippen LogP contribution in [0.5, 0.6) is 0 Å². The average molecular weight is 535 g/mol. The van der Waals surface area contributed by atoms with Gasteiger partial charge < -0.3 is 8.85 Å². The van der Waals surface area contributed by atoms with Crippen LogP contribution in [-0.2, 0) is 8.85 Å². The molecule has 2 aliphatic rings. The van der Waals surface area contributed by atoms with E-state index in [2.05, 4.69) is 158 Å². The number of benzene rings is 4. The summed E-state index contributed by atoms with van der Waals surface area (Å²) < 4.78 is 20.2. The van der Waals surface area contributed by atoms with Crippen molar-refractivity contribution in [1.82, 2.24) is 9.13 Å². The van der Waals surface area contributed by atoms with Crippen LogP contribution in [0, 0.1) is 0 Å². The summed E-state index contributed by atoms with van der Waals surface area (Å²) in [6.07, 6.45) is -0.287. The van der Waals surface area contributed by atoms with Crippen molar-refractivity contribution in [3.05, 3.63) is 144 Å². The SMILES string of the molecule is CC(C)N1C(c2ccccc2)C(c2ccccc2)O[Si]12OC(c1ccccc1)C(c1ccccc1)N2C(C)C. The summed E-state index contributed by atoms with van der Waals surface area (Å²) in [5.74, 6) is 0. The third-order valence-corrected chi connectivity index (χ3v) is 12.1. The normalized spacial score (nSPS) is 27.6. The number of hydrogen-bond donors (Lipinski definition) is 0. The number of hydrogen-bond acceptors (Lipinski definition) is 4. The third kappa shape index (κ3) is 4.58. The van der Waals surface area contributed by atoms with Crippen LogP contribution in [-0.4, -0.2) is 30.1 Å². The second-order valence-corrected chi connectivity index (χ2v) is 13.8. The molecular weight excluding hydrogens is 496 g/mol. The Kier molecular flexibility index (Phi) is 7.27. The Morgan fingerprint density at radius 3 is 1.03 bits per heavy atom. The zero-order valence-corrected chi connectivity index (χ0v) is 24.2. The molecule has 6 rings (SSSR count). The predicted octanol–water partition coefficient (Wildman–Crippen LogP) is 7.87. The largest absolute Gasteiger partial charge is 0.525 e. The van der Waals surface area contributed by atoms with E-state index >= 15 is 0 Å². The van der Waals surface area contributed by atoms with Crippen LogP contribution in [0.15, 0.2) is 121 Å². The lowest BCUT2D eigenvalue weighted by Crippen LogP contribution is -2.66. The molecule has 4 nitrogen and oxygen atoms in total. The van der Waals surface area contributed by atoms with Crippen LogP contribution in [0.1, 0.15) is 74.2 Å². The maximum absolute atomic E-state index is 7.48. The van der Waals surface area contributed by atoms with Gasteiger partial charge in [-0.2, -0.15) is 0 Å². The van der Waals surface area contributed by atoms with E-state index in [1.54, 1.807) is 0 Å². The summed E-state index contributed by atoms with van der Waals surface area (Å²) >= 11 is 0. The lowest BCUT2D eigenvalue weighted by molar-refractivity contribution is 0.108. The molecule has 2 fully saturated rings. The van der Waals surface area contributed by atoms with Gasteiger partial charge in [-0.25, -0.2) is 0 Å². The Morgan fingerprint density at radius 2 is 0.744 bits per heavy atom. The molecule has 0 saturated carbocycles. The van der Waals surface area contributed by atoms with Crippen molar-refractivity contribution in [2.45, 2.75) is 64.1 Å². The molecule has 0 amide bonds. The second kappa shape index (κ2) is 10.8. The van der Waals surface area contributed by atoms with Gasteiger partial charge in [0.1, 0.15) is 0 Å². The summed E-state index contributed by atoms with van der Waals surface area (Å²) in [4.78, 5) is 0. The Balaban J connectivity index is 1.58. The van der Waals surface area contributed by atoms with Crippen molar-refractivity contribution in [2.75, 3.05) is 0 Å². The zero-order chi connectivity index (χ0) is 27.0. The Labute approximate surface area is 234 Å². The minimum absolute atomic E-state index is 0.0347. The fourth-order valence-electron chi connectivity index (χ4n) is 6.56. The van der Waals surface area contributed by atoms with Gasteiger partial charge in [0.05, 0.1) is 24.3 Å². The quantitative estimate of drug-likeness (QED) is 0.235. The van der Waals surface area contributed by atoms with Crippen molar-refractivity contribution in [2.24, 2.45) is 0 Å². The molecule has 0 bridgehead atoms. The number of rotatable bonds is 6. The Hall–Kier alpha value is -3.06. The molecule has 200 valence electrons. The van der Waals surface area contributed by atoms with Crippen LogP contribution in [0.3, 0.4) is 0 Å². The molecule has 4 unspecified atom stereocenters.